The average molecular weight is 834 g/mol. The summed E-state index contributed by atoms with van der Waals surface area (Å²) in [6.45, 7) is 7.06. The van der Waals surface area contributed by atoms with E-state index in [4.69, 9.17) is 55.7 Å². The number of benzene rings is 4. The number of rotatable bonds is 12. The van der Waals surface area contributed by atoms with Gasteiger partial charge in [0.05, 0.1) is 29.6 Å². The monoisotopic (exact) mass is 833 g/mol. The minimum atomic E-state index is -2.48. The van der Waals surface area contributed by atoms with Crippen LogP contribution in [0.4, 0.5) is 0 Å². The Balaban J connectivity index is 0.000000876. The largest absolute Gasteiger partial charge is 0.504 e. The Bertz CT molecular complexity index is 2270. The van der Waals surface area contributed by atoms with Gasteiger partial charge in [0, 0.05) is 18.6 Å². The van der Waals surface area contributed by atoms with E-state index in [-0.39, 0.29) is 46.9 Å². The summed E-state index contributed by atoms with van der Waals surface area (Å²) >= 11 is 0. The van der Waals surface area contributed by atoms with Gasteiger partial charge < -0.3 is 63.8 Å². The molecule has 4 aromatic carbocycles. The van der Waals surface area contributed by atoms with Crippen LogP contribution in [0.1, 0.15) is 95.3 Å². The van der Waals surface area contributed by atoms with Crippen molar-refractivity contribution in [3.05, 3.63) is 95.1 Å². The van der Waals surface area contributed by atoms with Gasteiger partial charge in [-0.2, -0.15) is 0 Å². The van der Waals surface area contributed by atoms with Gasteiger partial charge in [-0.1, -0.05) is 45.5 Å². The Kier molecular flexibility index (Phi) is 15.9. The van der Waals surface area contributed by atoms with Gasteiger partial charge in [0.15, 0.2) is 46.0 Å². The van der Waals surface area contributed by atoms with E-state index in [1.54, 1.807) is 0 Å². The molecule has 0 aliphatic rings. The summed E-state index contributed by atoms with van der Waals surface area (Å²) in [6, 6.07) is 5.35. The summed E-state index contributed by atoms with van der Waals surface area (Å²) in [5, 5.41) is 73.7. The van der Waals surface area contributed by atoms with Crippen molar-refractivity contribution in [2.45, 2.75) is 97.6 Å². The van der Waals surface area contributed by atoms with Crippen LogP contribution in [0.15, 0.2) is 72.8 Å². The van der Waals surface area contributed by atoms with Crippen molar-refractivity contribution >= 4 is 23.1 Å². The molecule has 0 spiro atoms. The third kappa shape index (κ3) is 17.5. The molecule has 0 saturated carbocycles. The van der Waals surface area contributed by atoms with Crippen LogP contribution in [0.2, 0.25) is 0 Å². The molecule has 0 heterocycles. The van der Waals surface area contributed by atoms with Gasteiger partial charge in [-0.3, -0.25) is 19.2 Å². The van der Waals surface area contributed by atoms with Crippen molar-refractivity contribution in [2.24, 2.45) is 22.9 Å². The molecular weight excluding hydrogens is 764 g/mol. The SMILES string of the molecule is C.[2H]C([2H])(c1ccc(O)c(O)c1)[C@]([2H])(N)C(C)=O.[2H][C@@](N)(C(C)=O)[C@]([2H])(C)c1ccc(O)c(O)c1.[2H][C@H](c1ccc(O)c(O)c1)[C@]([2H])(N)C(C)=O.[2H][C@](C)(c1ccc(O)c(O)c1)[C@]([2H])(N)C(C)=O. The number of aromatic hydroxyl groups is 8. The van der Waals surface area contributed by atoms with Crippen LogP contribution >= 0.6 is 0 Å². The summed E-state index contributed by atoms with van der Waals surface area (Å²) in [5.41, 5.74) is 22.3. The number of carbonyl (C=O) groups is 4. The maximum atomic E-state index is 11.3. The molecule has 4 rings (SSSR count). The van der Waals surface area contributed by atoms with Crippen molar-refractivity contribution in [3.8, 4) is 46.0 Å². The van der Waals surface area contributed by atoms with E-state index in [2.05, 4.69) is 0 Å². The molecular formula is C43H60N4O12. The Hall–Kier alpha value is -6.20. The molecule has 0 fully saturated rings. The van der Waals surface area contributed by atoms with Crippen molar-refractivity contribution in [2.75, 3.05) is 0 Å². The minimum Gasteiger partial charge on any atom is -0.504 e. The molecule has 0 bridgehead atoms. The van der Waals surface area contributed by atoms with Gasteiger partial charge in [0.2, 0.25) is 0 Å². The second-order valence-electron chi connectivity index (χ2n) is 12.3. The van der Waals surface area contributed by atoms with Crippen LogP contribution in [0, 0.1) is 0 Å². The molecule has 0 radical (unpaired) electrons. The Morgan fingerprint density at radius 3 is 1.10 bits per heavy atom. The molecule has 59 heavy (non-hydrogen) atoms. The second kappa shape index (κ2) is 24.5. The molecule has 0 unspecified atom stereocenters. The van der Waals surface area contributed by atoms with E-state index in [0.717, 1.165) is 64.1 Å². The highest BCUT2D eigenvalue weighted by atomic mass is 16.3. The van der Waals surface area contributed by atoms with E-state index >= 15 is 0 Å². The van der Waals surface area contributed by atoms with E-state index in [1.165, 1.54) is 50.2 Å². The maximum Gasteiger partial charge on any atom is 0.157 e. The standard InChI is InChI=1S/2C11H15NO3.2C10H13NO3.CH4/c2*1-6(11(12)7(2)13)8-3-4-9(14)10(15)5-8;2*1-6(12)8(11)4-7-2-3-9(13)10(14)5-7;/h2*3-6,11,14-15H,12H2,1-2H3;2*2-3,5,8,13-14H,4,11H2,1H3;1H4/t6-,11+;6-,11-;2*8-;/m1000./s1/i2*6D,11D;4D2,8D;4D,8D;/t3m;4-,8+;/m1001.. The van der Waals surface area contributed by atoms with Crippen LogP contribution in [0.5, 0.6) is 46.0 Å². The number of phenols is 8. The fraction of sp³-hybridized carbons (Fsp3) is 0.349. The molecule has 7 atom stereocenters. The number of nitrogens with two attached hydrogens (primary N) is 4. The van der Waals surface area contributed by atoms with Crippen LogP contribution in [-0.4, -0.2) is 88.1 Å². The number of Topliss-reactive ketones (excluding diaryl/α,β-unsaturated/α-hetero) is 4. The Morgan fingerprint density at radius 2 is 0.797 bits per heavy atom. The fourth-order valence-corrected chi connectivity index (χ4v) is 4.11. The van der Waals surface area contributed by atoms with Gasteiger partial charge in [0.25, 0.3) is 0 Å². The molecule has 16 heteroatoms. The lowest BCUT2D eigenvalue weighted by molar-refractivity contribution is -0.119. The predicted molar refractivity (Wildman–Crippen MR) is 225 cm³/mol. The van der Waals surface area contributed by atoms with E-state index < -0.39 is 101 Å². The Labute approximate surface area is 357 Å². The average Bonchev–Trinajstić information content (AvgIpc) is 3.21. The third-order valence-corrected chi connectivity index (χ3v) is 7.75. The quantitative estimate of drug-likeness (QED) is 0.0898. The summed E-state index contributed by atoms with van der Waals surface area (Å²) in [7, 11) is 0. The Morgan fingerprint density at radius 1 is 0.492 bits per heavy atom. The lowest BCUT2D eigenvalue weighted by Crippen LogP contribution is -2.33. The highest BCUT2D eigenvalue weighted by molar-refractivity contribution is 5.83. The van der Waals surface area contributed by atoms with Crippen LogP contribution in [-0.2, 0) is 31.9 Å². The molecule has 324 valence electrons. The maximum absolute atomic E-state index is 11.3. The minimum absolute atomic E-state index is 0. The summed E-state index contributed by atoms with van der Waals surface area (Å²) in [4.78, 5) is 44.8. The first-order chi connectivity index (χ1) is 30.1. The molecule has 4 aromatic rings. The van der Waals surface area contributed by atoms with Crippen molar-refractivity contribution in [1.29, 1.82) is 0 Å². The lowest BCUT2D eigenvalue weighted by atomic mass is 9.91. The summed E-state index contributed by atoms with van der Waals surface area (Å²) in [5.74, 6) is -9.43. The molecule has 0 aromatic heterocycles. The van der Waals surface area contributed by atoms with Gasteiger partial charge in [-0.25, -0.2) is 0 Å². The molecule has 0 aliphatic heterocycles. The van der Waals surface area contributed by atoms with Crippen molar-refractivity contribution < 1.29 is 72.4 Å². The molecule has 0 saturated heterocycles. The molecule has 0 aliphatic carbocycles. The third-order valence-electron chi connectivity index (χ3n) is 7.75. The predicted octanol–water partition coefficient (Wildman–Crippen LogP) is 3.98. The molecule has 16 nitrogen and oxygen atoms in total. The smallest absolute Gasteiger partial charge is 0.157 e. The zero-order valence-corrected chi connectivity index (χ0v) is 32.5. The molecule has 16 N–H and O–H groups in total. The topological polar surface area (TPSA) is 334 Å². The van der Waals surface area contributed by atoms with E-state index in [0.29, 0.717) is 0 Å². The van der Waals surface area contributed by atoms with Crippen LogP contribution in [0.25, 0.3) is 0 Å². The highest BCUT2D eigenvalue weighted by Crippen LogP contribution is 2.31. The van der Waals surface area contributed by atoms with Gasteiger partial charge >= 0.3 is 0 Å². The highest BCUT2D eigenvalue weighted by Gasteiger charge is 2.21. The van der Waals surface area contributed by atoms with E-state index in [1.807, 2.05) is 0 Å². The zero-order valence-electron chi connectivity index (χ0n) is 41.5. The van der Waals surface area contributed by atoms with Crippen molar-refractivity contribution in [1.82, 2.24) is 0 Å². The van der Waals surface area contributed by atoms with Gasteiger partial charge in [-0.05, 0) is 111 Å². The first kappa shape index (κ1) is 38.3. The first-order valence-corrected chi connectivity index (χ1v) is 16.8. The number of phenolic OH excluding ortho intramolecular Hbond substituents is 8. The van der Waals surface area contributed by atoms with Crippen LogP contribution in [0.3, 0.4) is 0 Å². The first-order valence-electron chi connectivity index (χ1n) is 21.4. The molecule has 0 amide bonds. The normalized spacial score (nSPS) is 19.5. The van der Waals surface area contributed by atoms with Crippen LogP contribution < -0.4 is 22.9 Å². The van der Waals surface area contributed by atoms with Crippen molar-refractivity contribution in [3.63, 3.8) is 0 Å². The van der Waals surface area contributed by atoms with E-state index in [9.17, 15) is 39.6 Å². The van der Waals surface area contributed by atoms with Gasteiger partial charge in [0.1, 0.15) is 23.1 Å². The number of hydrogen-bond donors (Lipinski definition) is 12. The zero-order chi connectivity index (χ0) is 52.8. The number of carbonyl (C=O) groups excluding carboxylic acids is 4. The summed E-state index contributed by atoms with van der Waals surface area (Å²) < 4.78 is 69.8. The second-order valence-corrected chi connectivity index (χ2v) is 12.3. The summed E-state index contributed by atoms with van der Waals surface area (Å²) in [6.07, 6.45) is -3.80. The lowest BCUT2D eigenvalue weighted by Gasteiger charge is -2.17. The fourth-order valence-electron chi connectivity index (χ4n) is 4.11. The number of hydrogen-bond acceptors (Lipinski definition) is 16. The van der Waals surface area contributed by atoms with Gasteiger partial charge in [-0.15, -0.1) is 0 Å². The number of ketones is 4.